The summed E-state index contributed by atoms with van der Waals surface area (Å²) in [6.07, 6.45) is 4.22. The molecule has 2 aliphatic rings. The second kappa shape index (κ2) is 6.27. The molecular formula is C15H22N2OS. The Labute approximate surface area is 119 Å². The lowest BCUT2D eigenvalue weighted by molar-refractivity contribution is 0.0468. The molecule has 104 valence electrons. The number of thioether (sulfide) groups is 1. The average molecular weight is 278 g/mol. The Morgan fingerprint density at radius 2 is 2.26 bits per heavy atom. The van der Waals surface area contributed by atoms with Crippen molar-refractivity contribution in [3.63, 3.8) is 0 Å². The quantitative estimate of drug-likeness (QED) is 0.656. The van der Waals surface area contributed by atoms with E-state index in [0.29, 0.717) is 0 Å². The first-order valence-corrected chi connectivity index (χ1v) is 8.29. The molecule has 1 aromatic carbocycles. The van der Waals surface area contributed by atoms with E-state index in [1.54, 1.807) is 0 Å². The van der Waals surface area contributed by atoms with Crippen LogP contribution in [0.3, 0.4) is 0 Å². The predicted molar refractivity (Wildman–Crippen MR) is 80.2 cm³/mol. The van der Waals surface area contributed by atoms with Gasteiger partial charge in [0, 0.05) is 11.5 Å². The van der Waals surface area contributed by atoms with Crippen molar-refractivity contribution in [2.75, 3.05) is 18.1 Å². The number of hydrazine groups is 1. The largest absolute Gasteiger partial charge is 0.374 e. The van der Waals surface area contributed by atoms with E-state index in [0.717, 1.165) is 24.0 Å². The van der Waals surface area contributed by atoms with Crippen LogP contribution in [0.5, 0.6) is 0 Å². The molecule has 2 unspecified atom stereocenters. The summed E-state index contributed by atoms with van der Waals surface area (Å²) in [4.78, 5) is 0. The van der Waals surface area contributed by atoms with Crippen LogP contribution in [0.1, 0.15) is 42.3 Å². The zero-order valence-corrected chi connectivity index (χ0v) is 12.0. The molecule has 3 rings (SSSR count). The summed E-state index contributed by atoms with van der Waals surface area (Å²) in [5.74, 6) is 8.64. The van der Waals surface area contributed by atoms with Gasteiger partial charge in [0.15, 0.2) is 0 Å². The molecule has 3 nitrogen and oxygen atoms in total. The topological polar surface area (TPSA) is 47.3 Å². The Morgan fingerprint density at radius 1 is 1.37 bits per heavy atom. The third-order valence-electron chi connectivity index (χ3n) is 4.24. The van der Waals surface area contributed by atoms with Crippen LogP contribution in [0.4, 0.5) is 0 Å². The first-order chi connectivity index (χ1) is 9.38. The van der Waals surface area contributed by atoms with Crippen LogP contribution < -0.4 is 11.3 Å². The van der Waals surface area contributed by atoms with Gasteiger partial charge in [0.25, 0.3) is 0 Å². The maximum absolute atomic E-state index is 5.86. The van der Waals surface area contributed by atoms with E-state index in [-0.39, 0.29) is 12.1 Å². The highest BCUT2D eigenvalue weighted by atomic mass is 32.2. The number of nitrogens with one attached hydrogen (secondary N) is 1. The van der Waals surface area contributed by atoms with Crippen LogP contribution in [0.15, 0.2) is 24.3 Å². The van der Waals surface area contributed by atoms with Crippen molar-refractivity contribution in [1.29, 1.82) is 0 Å². The maximum atomic E-state index is 5.86. The van der Waals surface area contributed by atoms with Gasteiger partial charge >= 0.3 is 0 Å². The molecule has 1 saturated carbocycles. The van der Waals surface area contributed by atoms with Crippen molar-refractivity contribution in [2.45, 2.75) is 37.3 Å². The highest BCUT2D eigenvalue weighted by molar-refractivity contribution is 7.99. The Bertz CT molecular complexity index is 416. The van der Waals surface area contributed by atoms with Gasteiger partial charge in [-0.1, -0.05) is 30.7 Å². The maximum Gasteiger partial charge on any atom is 0.0873 e. The number of hydrogen-bond donors (Lipinski definition) is 2. The van der Waals surface area contributed by atoms with Crippen LogP contribution in [0, 0.1) is 0 Å². The highest BCUT2D eigenvalue weighted by Gasteiger charge is 2.26. The summed E-state index contributed by atoms with van der Waals surface area (Å²) >= 11 is 1.95. The first kappa shape index (κ1) is 13.4. The lowest BCUT2D eigenvalue weighted by atomic mass is 9.79. The molecule has 2 atom stereocenters. The van der Waals surface area contributed by atoms with Crippen LogP contribution in [0.2, 0.25) is 0 Å². The van der Waals surface area contributed by atoms with Crippen molar-refractivity contribution in [3.8, 4) is 0 Å². The second-order valence-electron chi connectivity index (χ2n) is 5.43. The van der Waals surface area contributed by atoms with Gasteiger partial charge in [-0.15, -0.1) is 0 Å². The first-order valence-electron chi connectivity index (χ1n) is 7.14. The normalized spacial score (nSPS) is 25.8. The minimum absolute atomic E-state index is 0.104. The third kappa shape index (κ3) is 2.97. The lowest BCUT2D eigenvalue weighted by Gasteiger charge is -2.31. The fourth-order valence-electron chi connectivity index (χ4n) is 2.86. The molecule has 1 aliphatic carbocycles. The number of ether oxygens (including phenoxy) is 1. The van der Waals surface area contributed by atoms with E-state index >= 15 is 0 Å². The average Bonchev–Trinajstić information content (AvgIpc) is 2.39. The number of rotatable bonds is 4. The summed E-state index contributed by atoms with van der Waals surface area (Å²) in [5, 5.41) is 0. The van der Waals surface area contributed by atoms with Gasteiger partial charge in [-0.2, -0.15) is 11.8 Å². The fraction of sp³-hybridized carbons (Fsp3) is 0.600. The van der Waals surface area contributed by atoms with Gasteiger partial charge in [0.05, 0.1) is 18.8 Å². The molecular weight excluding hydrogens is 256 g/mol. The van der Waals surface area contributed by atoms with Gasteiger partial charge in [0.2, 0.25) is 0 Å². The SMILES string of the molecule is NNC(c1cccc(C2CCC2)c1)C1CSCCO1. The number of benzene rings is 1. The predicted octanol–water partition coefficient (Wildman–Crippen LogP) is 2.59. The van der Waals surface area contributed by atoms with Gasteiger partial charge in [0.1, 0.15) is 0 Å². The summed E-state index contributed by atoms with van der Waals surface area (Å²) in [5.41, 5.74) is 5.68. The molecule has 0 bridgehead atoms. The highest BCUT2D eigenvalue weighted by Crippen LogP contribution is 2.37. The van der Waals surface area contributed by atoms with E-state index in [1.165, 1.54) is 30.4 Å². The van der Waals surface area contributed by atoms with E-state index in [4.69, 9.17) is 10.6 Å². The van der Waals surface area contributed by atoms with Gasteiger partial charge in [-0.25, -0.2) is 0 Å². The number of hydrogen-bond acceptors (Lipinski definition) is 4. The standard InChI is InChI=1S/C15H22N2OS/c16-17-15(14-10-19-8-7-18-14)13-6-2-5-12(9-13)11-3-1-4-11/h2,5-6,9,11,14-15,17H,1,3-4,7-8,10,16H2. The summed E-state index contributed by atoms with van der Waals surface area (Å²) < 4.78 is 5.86. The molecule has 0 amide bonds. The van der Waals surface area contributed by atoms with Crippen molar-refractivity contribution in [1.82, 2.24) is 5.43 Å². The van der Waals surface area contributed by atoms with Gasteiger partial charge in [-0.05, 0) is 29.9 Å². The molecule has 1 heterocycles. The van der Waals surface area contributed by atoms with Gasteiger partial charge in [-0.3, -0.25) is 11.3 Å². The van der Waals surface area contributed by atoms with Crippen LogP contribution in [-0.4, -0.2) is 24.2 Å². The monoisotopic (exact) mass is 278 g/mol. The van der Waals surface area contributed by atoms with E-state index in [2.05, 4.69) is 29.7 Å². The van der Waals surface area contributed by atoms with Crippen molar-refractivity contribution >= 4 is 11.8 Å². The summed E-state index contributed by atoms with van der Waals surface area (Å²) in [6.45, 7) is 0.829. The van der Waals surface area contributed by atoms with E-state index in [1.807, 2.05) is 11.8 Å². The summed E-state index contributed by atoms with van der Waals surface area (Å²) in [7, 11) is 0. The molecule has 2 fully saturated rings. The van der Waals surface area contributed by atoms with Crippen molar-refractivity contribution in [2.24, 2.45) is 5.84 Å². The molecule has 0 radical (unpaired) electrons. The molecule has 1 aromatic rings. The zero-order chi connectivity index (χ0) is 13.1. The smallest absolute Gasteiger partial charge is 0.0873 e. The molecule has 1 saturated heterocycles. The molecule has 4 heteroatoms. The molecule has 3 N–H and O–H groups in total. The molecule has 0 aromatic heterocycles. The van der Waals surface area contributed by atoms with E-state index < -0.39 is 0 Å². The van der Waals surface area contributed by atoms with E-state index in [9.17, 15) is 0 Å². The Kier molecular flexibility index (Phi) is 4.43. The van der Waals surface area contributed by atoms with Gasteiger partial charge < -0.3 is 4.74 Å². The third-order valence-corrected chi connectivity index (χ3v) is 5.26. The van der Waals surface area contributed by atoms with Crippen LogP contribution in [-0.2, 0) is 4.74 Å². The Morgan fingerprint density at radius 3 is 2.89 bits per heavy atom. The van der Waals surface area contributed by atoms with Crippen molar-refractivity contribution < 1.29 is 4.74 Å². The molecule has 1 aliphatic heterocycles. The minimum Gasteiger partial charge on any atom is -0.374 e. The van der Waals surface area contributed by atoms with Crippen LogP contribution >= 0.6 is 11.8 Å². The fourth-order valence-corrected chi connectivity index (χ4v) is 3.77. The minimum atomic E-state index is 0.104. The van der Waals surface area contributed by atoms with Crippen molar-refractivity contribution in [3.05, 3.63) is 35.4 Å². The Hall–Kier alpha value is -0.550. The number of nitrogens with two attached hydrogens (primary N) is 1. The van der Waals surface area contributed by atoms with Crippen LogP contribution in [0.25, 0.3) is 0 Å². The molecule has 19 heavy (non-hydrogen) atoms. The Balaban J connectivity index is 1.77. The summed E-state index contributed by atoms with van der Waals surface area (Å²) in [6, 6.07) is 8.99. The second-order valence-corrected chi connectivity index (χ2v) is 6.58. The lowest BCUT2D eigenvalue weighted by Crippen LogP contribution is -2.41. The molecule has 0 spiro atoms. The zero-order valence-electron chi connectivity index (χ0n) is 11.2.